The van der Waals surface area contributed by atoms with E-state index in [0.717, 1.165) is 6.42 Å². The lowest BCUT2D eigenvalue weighted by Crippen LogP contribution is -2.45. The number of carbonyl (C=O) groups is 2. The summed E-state index contributed by atoms with van der Waals surface area (Å²) in [6.07, 6.45) is 0.724. The van der Waals surface area contributed by atoms with Crippen molar-refractivity contribution >= 4 is 23.0 Å². The summed E-state index contributed by atoms with van der Waals surface area (Å²) in [5, 5.41) is 12.9. The summed E-state index contributed by atoms with van der Waals surface area (Å²) in [6.45, 7) is 5.43. The number of aliphatic hydroxyl groups excluding tert-OH is 1. The summed E-state index contributed by atoms with van der Waals surface area (Å²) in [5.74, 6) is 0. The van der Waals surface area contributed by atoms with Crippen molar-refractivity contribution in [2.24, 2.45) is 0 Å². The molecule has 132 valence electrons. The second kappa shape index (κ2) is 8.03. The number of alkyl carbamates (subject to hydrolysis) is 1. The van der Waals surface area contributed by atoms with Crippen LogP contribution in [0.5, 0.6) is 0 Å². The van der Waals surface area contributed by atoms with Crippen LogP contribution in [0.4, 0.5) is 4.79 Å². The van der Waals surface area contributed by atoms with Crippen molar-refractivity contribution in [1.29, 1.82) is 0 Å². The van der Waals surface area contributed by atoms with Gasteiger partial charge in [0.2, 0.25) is 5.12 Å². The lowest BCUT2D eigenvalue weighted by Gasteiger charge is -2.33. The largest absolute Gasteiger partial charge is 0.444 e. The summed E-state index contributed by atoms with van der Waals surface area (Å²) >= 11 is 1.18. The zero-order valence-corrected chi connectivity index (χ0v) is 15.1. The Hall–Kier alpha value is -1.53. The van der Waals surface area contributed by atoms with Crippen molar-refractivity contribution in [3.8, 4) is 0 Å². The molecule has 0 heterocycles. The molecule has 6 heteroatoms. The number of benzene rings is 1. The molecule has 1 aliphatic rings. The number of ether oxygens (including phenoxy) is 1. The molecular formula is C18H25NO4S. The fourth-order valence-corrected chi connectivity index (χ4v) is 3.71. The summed E-state index contributed by atoms with van der Waals surface area (Å²) in [7, 11) is 0. The van der Waals surface area contributed by atoms with Crippen LogP contribution in [-0.4, -0.2) is 39.3 Å². The van der Waals surface area contributed by atoms with E-state index in [9.17, 15) is 14.7 Å². The lowest BCUT2D eigenvalue weighted by atomic mass is 9.92. The van der Waals surface area contributed by atoms with Gasteiger partial charge in [0.05, 0.1) is 6.10 Å². The molecule has 1 fully saturated rings. The highest BCUT2D eigenvalue weighted by atomic mass is 32.2. The number of aliphatic hydroxyl groups is 1. The molecule has 1 aromatic rings. The number of amides is 1. The molecule has 5 nitrogen and oxygen atoms in total. The third kappa shape index (κ3) is 5.83. The lowest BCUT2D eigenvalue weighted by molar-refractivity contribution is 0.0455. The Bertz CT molecular complexity index is 570. The molecule has 0 saturated heterocycles. The first-order valence-corrected chi connectivity index (χ1v) is 9.06. The monoisotopic (exact) mass is 351 g/mol. The third-order valence-electron chi connectivity index (χ3n) is 3.74. The first kappa shape index (κ1) is 18.8. The van der Waals surface area contributed by atoms with Gasteiger partial charge in [0.1, 0.15) is 5.60 Å². The first-order chi connectivity index (χ1) is 11.2. The highest BCUT2D eigenvalue weighted by molar-refractivity contribution is 8.14. The topological polar surface area (TPSA) is 75.6 Å². The molecule has 1 amide bonds. The number of rotatable bonds is 3. The van der Waals surface area contributed by atoms with Gasteiger partial charge in [0, 0.05) is 16.9 Å². The summed E-state index contributed by atoms with van der Waals surface area (Å²) < 4.78 is 5.23. The SMILES string of the molecule is CC(C)(C)OC(=O)N[C@H]1CC[C@H](SC(=O)c2ccccc2)[C@@H](O)C1. The van der Waals surface area contributed by atoms with Gasteiger partial charge >= 0.3 is 6.09 Å². The molecule has 0 aliphatic heterocycles. The van der Waals surface area contributed by atoms with Crippen LogP contribution in [0.15, 0.2) is 30.3 Å². The fraction of sp³-hybridized carbons (Fsp3) is 0.556. The normalized spacial score (nSPS) is 24.2. The van der Waals surface area contributed by atoms with Gasteiger partial charge in [-0.1, -0.05) is 42.1 Å². The molecular weight excluding hydrogens is 326 g/mol. The number of carbonyl (C=O) groups excluding carboxylic acids is 2. The number of hydrogen-bond acceptors (Lipinski definition) is 5. The van der Waals surface area contributed by atoms with Crippen LogP contribution in [0.2, 0.25) is 0 Å². The van der Waals surface area contributed by atoms with Gasteiger partial charge in [-0.3, -0.25) is 4.79 Å². The van der Waals surface area contributed by atoms with Crippen LogP contribution in [0.1, 0.15) is 50.4 Å². The maximum absolute atomic E-state index is 12.2. The first-order valence-electron chi connectivity index (χ1n) is 8.18. The van der Waals surface area contributed by atoms with Crippen molar-refractivity contribution in [3.05, 3.63) is 35.9 Å². The summed E-state index contributed by atoms with van der Waals surface area (Å²) in [4.78, 5) is 24.0. The Balaban J connectivity index is 1.82. The van der Waals surface area contributed by atoms with Gasteiger partial charge in [-0.2, -0.15) is 0 Å². The van der Waals surface area contributed by atoms with E-state index in [2.05, 4.69) is 5.32 Å². The summed E-state index contributed by atoms with van der Waals surface area (Å²) in [6, 6.07) is 8.94. The van der Waals surface area contributed by atoms with Crippen molar-refractivity contribution in [2.75, 3.05) is 0 Å². The molecule has 3 atom stereocenters. The van der Waals surface area contributed by atoms with Gasteiger partial charge in [0.25, 0.3) is 0 Å². The molecule has 0 bridgehead atoms. The van der Waals surface area contributed by atoms with Crippen molar-refractivity contribution in [1.82, 2.24) is 5.32 Å². The molecule has 0 unspecified atom stereocenters. The van der Waals surface area contributed by atoms with Gasteiger partial charge in [-0.05, 0) is 40.0 Å². The Kier molecular flexibility index (Phi) is 6.29. The van der Waals surface area contributed by atoms with E-state index >= 15 is 0 Å². The molecule has 1 aliphatic carbocycles. The molecule has 0 spiro atoms. The van der Waals surface area contributed by atoms with E-state index in [4.69, 9.17) is 4.74 Å². The standard InChI is InChI=1S/C18H25NO4S/c1-18(2,3)23-17(22)19-13-9-10-15(14(20)11-13)24-16(21)12-7-5-4-6-8-12/h4-8,13-15,20H,9-11H2,1-3H3,(H,19,22)/t13-,14-,15-/m0/s1. The second-order valence-corrected chi connectivity index (χ2v) is 8.25. The van der Waals surface area contributed by atoms with Gasteiger partial charge in [-0.15, -0.1) is 0 Å². The van der Waals surface area contributed by atoms with Gasteiger partial charge < -0.3 is 15.2 Å². The van der Waals surface area contributed by atoms with Crippen molar-refractivity contribution < 1.29 is 19.4 Å². The Labute approximate surface area is 147 Å². The van der Waals surface area contributed by atoms with Gasteiger partial charge in [-0.25, -0.2) is 4.79 Å². The average Bonchev–Trinajstić information content (AvgIpc) is 2.49. The van der Waals surface area contributed by atoms with Gasteiger partial charge in [0.15, 0.2) is 0 Å². The van der Waals surface area contributed by atoms with E-state index in [0.29, 0.717) is 18.4 Å². The zero-order chi connectivity index (χ0) is 17.7. The van der Waals surface area contributed by atoms with Crippen molar-refractivity contribution in [3.63, 3.8) is 0 Å². The Morgan fingerprint density at radius 1 is 1.21 bits per heavy atom. The molecule has 0 aromatic heterocycles. The number of nitrogens with one attached hydrogen (secondary N) is 1. The van der Waals surface area contributed by atoms with Crippen LogP contribution in [0.25, 0.3) is 0 Å². The maximum Gasteiger partial charge on any atom is 0.407 e. The van der Waals surface area contributed by atoms with E-state index in [-0.39, 0.29) is 16.4 Å². The van der Waals surface area contributed by atoms with Crippen LogP contribution >= 0.6 is 11.8 Å². The average molecular weight is 351 g/mol. The van der Waals surface area contributed by atoms with Crippen LogP contribution in [0, 0.1) is 0 Å². The van der Waals surface area contributed by atoms with E-state index in [1.54, 1.807) is 12.1 Å². The van der Waals surface area contributed by atoms with Crippen LogP contribution in [0.3, 0.4) is 0 Å². The summed E-state index contributed by atoms with van der Waals surface area (Å²) in [5.41, 5.74) is 0.0985. The predicted octanol–water partition coefficient (Wildman–Crippen LogP) is 3.37. The molecule has 0 radical (unpaired) electrons. The smallest absolute Gasteiger partial charge is 0.407 e. The Morgan fingerprint density at radius 3 is 2.46 bits per heavy atom. The molecule has 1 aromatic carbocycles. The molecule has 2 N–H and O–H groups in total. The Morgan fingerprint density at radius 2 is 1.88 bits per heavy atom. The van der Waals surface area contributed by atoms with Crippen molar-refractivity contribution in [2.45, 2.75) is 63.0 Å². The zero-order valence-electron chi connectivity index (χ0n) is 14.3. The minimum Gasteiger partial charge on any atom is -0.444 e. The van der Waals surface area contributed by atoms with E-state index in [1.165, 1.54) is 11.8 Å². The third-order valence-corrected chi connectivity index (χ3v) is 5.05. The fourth-order valence-electron chi connectivity index (χ4n) is 2.64. The molecule has 24 heavy (non-hydrogen) atoms. The minimum atomic E-state index is -0.628. The highest BCUT2D eigenvalue weighted by Crippen LogP contribution is 2.31. The highest BCUT2D eigenvalue weighted by Gasteiger charge is 2.32. The molecule has 2 rings (SSSR count). The maximum atomic E-state index is 12.2. The predicted molar refractivity (Wildman–Crippen MR) is 95.2 cm³/mol. The number of thioether (sulfide) groups is 1. The van der Waals surface area contributed by atoms with Crippen LogP contribution < -0.4 is 5.32 Å². The second-order valence-electron chi connectivity index (χ2n) is 7.03. The van der Waals surface area contributed by atoms with E-state index < -0.39 is 17.8 Å². The van der Waals surface area contributed by atoms with E-state index in [1.807, 2.05) is 39.0 Å². The number of hydrogen-bond donors (Lipinski definition) is 2. The minimum absolute atomic E-state index is 0.0294. The molecule has 1 saturated carbocycles. The van der Waals surface area contributed by atoms with Crippen LogP contribution in [-0.2, 0) is 4.74 Å². The quantitative estimate of drug-likeness (QED) is 0.873.